The largest absolute Gasteiger partial charge is 0.312 e. The van der Waals surface area contributed by atoms with E-state index in [-0.39, 0.29) is 12.2 Å². The Hall–Kier alpha value is -1.13. The number of hydrogen-bond acceptors (Lipinski definition) is 2. The van der Waals surface area contributed by atoms with Crippen LogP contribution in [0, 0.1) is 5.82 Å². The van der Waals surface area contributed by atoms with Gasteiger partial charge in [-0.3, -0.25) is 4.99 Å². The summed E-state index contributed by atoms with van der Waals surface area (Å²) in [7, 11) is 1.57. The van der Waals surface area contributed by atoms with E-state index in [1.807, 2.05) is 0 Å². The van der Waals surface area contributed by atoms with Crippen molar-refractivity contribution in [1.29, 1.82) is 0 Å². The van der Waals surface area contributed by atoms with Gasteiger partial charge in [0.05, 0.1) is 0 Å². The van der Waals surface area contributed by atoms with Crippen LogP contribution < -0.4 is 11.3 Å². The molecule has 14 heavy (non-hydrogen) atoms. The van der Waals surface area contributed by atoms with Crippen LogP contribution in [-0.2, 0) is 6.42 Å². The summed E-state index contributed by atoms with van der Waals surface area (Å²) in [5.74, 6) is 5.32. The molecule has 1 aromatic carbocycles. The van der Waals surface area contributed by atoms with Crippen LogP contribution in [0.5, 0.6) is 0 Å². The van der Waals surface area contributed by atoms with Crippen molar-refractivity contribution in [3.63, 3.8) is 0 Å². The molecular formula is C9H11ClFN3. The Morgan fingerprint density at radius 1 is 1.64 bits per heavy atom. The topological polar surface area (TPSA) is 50.4 Å². The molecule has 1 rings (SSSR count). The lowest BCUT2D eigenvalue weighted by Gasteiger charge is -2.07. The molecule has 3 nitrogen and oxygen atoms in total. The van der Waals surface area contributed by atoms with E-state index in [9.17, 15) is 4.39 Å². The minimum Gasteiger partial charge on any atom is -0.312 e. The summed E-state index contributed by atoms with van der Waals surface area (Å²) in [4.78, 5) is 3.84. The zero-order valence-electron chi connectivity index (χ0n) is 7.72. The Balaban J connectivity index is 2.96. The summed E-state index contributed by atoms with van der Waals surface area (Å²) < 4.78 is 13.3. The van der Waals surface area contributed by atoms with E-state index in [1.165, 1.54) is 6.07 Å². The lowest BCUT2D eigenvalue weighted by molar-refractivity contribution is 0.615. The van der Waals surface area contributed by atoms with Gasteiger partial charge in [0.25, 0.3) is 0 Å². The van der Waals surface area contributed by atoms with Crippen molar-refractivity contribution in [3.8, 4) is 0 Å². The molecule has 5 heteroatoms. The molecule has 0 heterocycles. The first-order valence-electron chi connectivity index (χ1n) is 4.04. The van der Waals surface area contributed by atoms with Crippen molar-refractivity contribution < 1.29 is 4.39 Å². The number of halogens is 2. The molecule has 76 valence electrons. The second kappa shape index (κ2) is 4.93. The zero-order chi connectivity index (χ0) is 10.6. The highest BCUT2D eigenvalue weighted by molar-refractivity contribution is 6.31. The van der Waals surface area contributed by atoms with Gasteiger partial charge in [-0.15, -0.1) is 0 Å². The maximum atomic E-state index is 13.3. The normalized spacial score (nSPS) is 11.6. The van der Waals surface area contributed by atoms with Crippen molar-refractivity contribution in [2.75, 3.05) is 7.05 Å². The van der Waals surface area contributed by atoms with Gasteiger partial charge in [0.15, 0.2) is 0 Å². The first-order valence-corrected chi connectivity index (χ1v) is 4.42. The second-order valence-electron chi connectivity index (χ2n) is 2.69. The van der Waals surface area contributed by atoms with E-state index in [4.69, 9.17) is 17.4 Å². The van der Waals surface area contributed by atoms with E-state index in [1.54, 1.807) is 19.2 Å². The Morgan fingerprint density at radius 2 is 2.36 bits per heavy atom. The quantitative estimate of drug-likeness (QED) is 0.340. The third-order valence-corrected chi connectivity index (χ3v) is 2.20. The smallest absolute Gasteiger partial charge is 0.128 e. The van der Waals surface area contributed by atoms with Crippen molar-refractivity contribution in [1.82, 2.24) is 5.43 Å². The van der Waals surface area contributed by atoms with Crippen molar-refractivity contribution in [2.24, 2.45) is 10.8 Å². The third-order valence-electron chi connectivity index (χ3n) is 1.84. The predicted molar refractivity (Wildman–Crippen MR) is 55.8 cm³/mol. The number of hydrazine groups is 1. The van der Waals surface area contributed by atoms with Crippen molar-refractivity contribution in [2.45, 2.75) is 6.42 Å². The van der Waals surface area contributed by atoms with Crippen LogP contribution in [0.3, 0.4) is 0 Å². The van der Waals surface area contributed by atoms with Gasteiger partial charge in [0.2, 0.25) is 0 Å². The highest BCUT2D eigenvalue weighted by atomic mass is 35.5. The van der Waals surface area contributed by atoms with Gasteiger partial charge in [-0.2, -0.15) is 0 Å². The maximum Gasteiger partial charge on any atom is 0.128 e. The third kappa shape index (κ3) is 2.43. The number of nitrogens with two attached hydrogens (primary N) is 1. The number of amidine groups is 1. The van der Waals surface area contributed by atoms with Crippen LogP contribution in [0.15, 0.2) is 23.2 Å². The first kappa shape index (κ1) is 10.9. The molecular weight excluding hydrogens is 205 g/mol. The molecule has 0 aliphatic rings. The molecule has 0 saturated heterocycles. The lowest BCUT2D eigenvalue weighted by atomic mass is 10.1. The molecule has 0 aliphatic heterocycles. The number of aliphatic imine (C=N–C) groups is 1. The summed E-state index contributed by atoms with van der Waals surface area (Å²) in [6.45, 7) is 0. The Labute approximate surface area is 86.8 Å². The van der Waals surface area contributed by atoms with Gasteiger partial charge in [-0.25, -0.2) is 10.2 Å². The van der Waals surface area contributed by atoms with Gasteiger partial charge in [-0.05, 0) is 12.1 Å². The Kier molecular flexibility index (Phi) is 3.85. The second-order valence-corrected chi connectivity index (χ2v) is 3.10. The van der Waals surface area contributed by atoms with Crippen LogP contribution in [0.2, 0.25) is 5.02 Å². The average Bonchev–Trinajstić information content (AvgIpc) is 2.18. The molecule has 0 atom stereocenters. The molecule has 3 N–H and O–H groups in total. The number of hydrogen-bond donors (Lipinski definition) is 2. The zero-order valence-corrected chi connectivity index (χ0v) is 8.48. The van der Waals surface area contributed by atoms with Crippen LogP contribution in [0.1, 0.15) is 5.56 Å². The van der Waals surface area contributed by atoms with Crippen LogP contribution in [0.25, 0.3) is 0 Å². The Morgan fingerprint density at radius 3 is 2.86 bits per heavy atom. The molecule has 0 amide bonds. The molecule has 1 aromatic rings. The SMILES string of the molecule is CN=C(Cc1c(F)cccc1Cl)NN. The monoisotopic (exact) mass is 215 g/mol. The summed E-state index contributed by atoms with van der Waals surface area (Å²) in [6, 6.07) is 4.54. The minimum atomic E-state index is -0.353. The molecule has 0 bridgehead atoms. The van der Waals surface area contributed by atoms with E-state index < -0.39 is 0 Å². The fraction of sp³-hybridized carbons (Fsp3) is 0.222. The number of nitrogens with one attached hydrogen (secondary N) is 1. The Bertz CT molecular complexity index is 332. The first-order chi connectivity index (χ1) is 6.69. The fourth-order valence-electron chi connectivity index (χ4n) is 1.06. The lowest BCUT2D eigenvalue weighted by Crippen LogP contribution is -2.32. The van der Waals surface area contributed by atoms with Crippen LogP contribution >= 0.6 is 11.6 Å². The predicted octanol–water partition coefficient (Wildman–Crippen LogP) is 1.51. The number of nitrogens with zero attached hydrogens (tertiary/aromatic N) is 1. The highest BCUT2D eigenvalue weighted by Crippen LogP contribution is 2.19. The minimum absolute atomic E-state index is 0.262. The van der Waals surface area contributed by atoms with E-state index >= 15 is 0 Å². The molecule has 0 radical (unpaired) electrons. The van der Waals surface area contributed by atoms with Crippen molar-refractivity contribution in [3.05, 3.63) is 34.6 Å². The number of rotatable bonds is 2. The van der Waals surface area contributed by atoms with Gasteiger partial charge >= 0.3 is 0 Å². The van der Waals surface area contributed by atoms with Gasteiger partial charge in [-0.1, -0.05) is 17.7 Å². The highest BCUT2D eigenvalue weighted by Gasteiger charge is 2.08. The summed E-state index contributed by atoms with van der Waals surface area (Å²) in [5.41, 5.74) is 2.78. The fourth-order valence-corrected chi connectivity index (χ4v) is 1.29. The summed E-state index contributed by atoms with van der Waals surface area (Å²) in [6.07, 6.45) is 0.262. The summed E-state index contributed by atoms with van der Waals surface area (Å²) in [5, 5.41) is 0.376. The molecule has 0 fully saturated rings. The van der Waals surface area contributed by atoms with Gasteiger partial charge in [0.1, 0.15) is 11.7 Å². The standard InChI is InChI=1S/C9H11ClFN3/c1-13-9(14-12)5-6-7(10)3-2-4-8(6)11/h2-4H,5,12H2,1H3,(H,13,14). The maximum absolute atomic E-state index is 13.3. The molecule has 0 unspecified atom stereocenters. The van der Waals surface area contributed by atoms with E-state index in [0.717, 1.165) is 0 Å². The van der Waals surface area contributed by atoms with Crippen LogP contribution in [-0.4, -0.2) is 12.9 Å². The average molecular weight is 216 g/mol. The van der Waals surface area contributed by atoms with Gasteiger partial charge < -0.3 is 5.43 Å². The number of benzene rings is 1. The van der Waals surface area contributed by atoms with Crippen molar-refractivity contribution >= 4 is 17.4 Å². The van der Waals surface area contributed by atoms with E-state index in [2.05, 4.69) is 10.4 Å². The molecule has 0 spiro atoms. The van der Waals surface area contributed by atoms with E-state index in [0.29, 0.717) is 16.4 Å². The molecule has 0 aromatic heterocycles. The summed E-state index contributed by atoms with van der Waals surface area (Å²) >= 11 is 5.82. The molecule has 0 saturated carbocycles. The van der Waals surface area contributed by atoms with Gasteiger partial charge in [0, 0.05) is 24.1 Å². The van der Waals surface area contributed by atoms with Crippen LogP contribution in [0.4, 0.5) is 4.39 Å². The molecule has 0 aliphatic carbocycles.